The smallest absolute Gasteiger partial charge is 0.229 e. The highest BCUT2D eigenvalue weighted by Gasteiger charge is 2.25. The second-order valence-electron chi connectivity index (χ2n) is 8.78. The van der Waals surface area contributed by atoms with Gasteiger partial charge in [0.15, 0.2) is 5.82 Å². The van der Waals surface area contributed by atoms with E-state index in [1.165, 1.54) is 11.3 Å². The largest absolute Gasteiger partial charge is 0.390 e. The first-order valence-corrected chi connectivity index (χ1v) is 10.9. The lowest BCUT2D eigenvalue weighted by Gasteiger charge is -2.35. The number of nitrogens with one attached hydrogen (secondary N) is 1. The molecule has 2 N–H and O–H groups in total. The number of rotatable bonds is 6. The van der Waals surface area contributed by atoms with E-state index in [-0.39, 0.29) is 6.10 Å². The molecule has 0 spiro atoms. The minimum Gasteiger partial charge on any atom is -0.390 e. The van der Waals surface area contributed by atoms with Gasteiger partial charge in [0.2, 0.25) is 5.95 Å². The number of benzene rings is 1. The van der Waals surface area contributed by atoms with E-state index < -0.39 is 0 Å². The van der Waals surface area contributed by atoms with Gasteiger partial charge in [-0.3, -0.25) is 4.90 Å². The van der Waals surface area contributed by atoms with Crippen LogP contribution in [-0.4, -0.2) is 61.5 Å². The molecule has 0 saturated carbocycles. The predicted molar refractivity (Wildman–Crippen MR) is 121 cm³/mol. The number of aliphatic hydroxyl groups is 1. The Bertz CT molecular complexity index is 1090. The lowest BCUT2D eigenvalue weighted by atomic mass is 10.1. The second kappa shape index (κ2) is 7.94. The summed E-state index contributed by atoms with van der Waals surface area (Å²) in [6, 6.07) is 8.84. The van der Waals surface area contributed by atoms with Crippen LogP contribution in [0.25, 0.3) is 5.82 Å². The van der Waals surface area contributed by atoms with Crippen LogP contribution < -0.4 is 10.2 Å². The van der Waals surface area contributed by atoms with Gasteiger partial charge in [0.05, 0.1) is 11.8 Å². The zero-order valence-electron chi connectivity index (χ0n) is 18.3. The molecule has 8 nitrogen and oxygen atoms in total. The SMILES string of the molecule is Cc1nn(-c2ccnc(Nc3ccc4c(c3)CCN4C(C)C)n2)cc1CN1CC(O)C1. The van der Waals surface area contributed by atoms with E-state index in [9.17, 15) is 5.11 Å². The van der Waals surface area contributed by atoms with E-state index >= 15 is 0 Å². The van der Waals surface area contributed by atoms with Crippen LogP contribution in [0.1, 0.15) is 30.7 Å². The first-order chi connectivity index (χ1) is 15.0. The van der Waals surface area contributed by atoms with Crippen molar-refractivity contribution < 1.29 is 5.11 Å². The summed E-state index contributed by atoms with van der Waals surface area (Å²) in [6.45, 7) is 9.78. The van der Waals surface area contributed by atoms with Crippen molar-refractivity contribution in [3.8, 4) is 5.82 Å². The average Bonchev–Trinajstić information content (AvgIpc) is 3.30. The Morgan fingerprint density at radius 2 is 2.06 bits per heavy atom. The first kappa shape index (κ1) is 20.0. The quantitative estimate of drug-likeness (QED) is 0.636. The van der Waals surface area contributed by atoms with E-state index in [1.54, 1.807) is 10.9 Å². The molecule has 0 atom stereocenters. The number of aliphatic hydroxyl groups excluding tert-OH is 1. The third kappa shape index (κ3) is 4.00. The van der Waals surface area contributed by atoms with Gasteiger partial charge >= 0.3 is 0 Å². The van der Waals surface area contributed by atoms with Crippen molar-refractivity contribution >= 4 is 17.3 Å². The van der Waals surface area contributed by atoms with Gasteiger partial charge in [0.1, 0.15) is 0 Å². The molecule has 8 heteroatoms. The summed E-state index contributed by atoms with van der Waals surface area (Å²) in [6.07, 6.45) is 4.63. The highest BCUT2D eigenvalue weighted by atomic mass is 16.3. The van der Waals surface area contributed by atoms with Crippen LogP contribution in [0.4, 0.5) is 17.3 Å². The lowest BCUT2D eigenvalue weighted by molar-refractivity contribution is -0.00297. The van der Waals surface area contributed by atoms with Crippen LogP contribution in [0.15, 0.2) is 36.7 Å². The monoisotopic (exact) mass is 419 g/mol. The fourth-order valence-electron chi connectivity index (χ4n) is 4.39. The van der Waals surface area contributed by atoms with Crippen molar-refractivity contribution in [1.82, 2.24) is 24.6 Å². The summed E-state index contributed by atoms with van der Waals surface area (Å²) >= 11 is 0. The van der Waals surface area contributed by atoms with Crippen molar-refractivity contribution in [2.75, 3.05) is 29.9 Å². The Labute approximate surface area is 182 Å². The molecule has 0 unspecified atom stereocenters. The van der Waals surface area contributed by atoms with E-state index in [0.29, 0.717) is 12.0 Å². The molecule has 162 valence electrons. The fraction of sp³-hybridized carbons (Fsp3) is 0.435. The number of β-amino-alcohol motifs (C(OH)–C–C–N with tert-alkyl or cyclic N) is 1. The molecule has 2 aromatic heterocycles. The third-order valence-electron chi connectivity index (χ3n) is 6.10. The summed E-state index contributed by atoms with van der Waals surface area (Å²) in [5.41, 5.74) is 5.80. The maximum absolute atomic E-state index is 9.50. The second-order valence-corrected chi connectivity index (χ2v) is 8.78. The number of anilines is 3. The Hall–Kier alpha value is -2.97. The van der Waals surface area contributed by atoms with Gasteiger partial charge in [-0.15, -0.1) is 0 Å². The molecule has 31 heavy (non-hydrogen) atoms. The number of aryl methyl sites for hydroxylation is 1. The van der Waals surface area contributed by atoms with Gasteiger partial charge in [-0.2, -0.15) is 10.1 Å². The van der Waals surface area contributed by atoms with Gasteiger partial charge in [-0.1, -0.05) is 0 Å². The zero-order chi connectivity index (χ0) is 21.5. The van der Waals surface area contributed by atoms with Crippen molar-refractivity contribution in [3.05, 3.63) is 53.5 Å². The summed E-state index contributed by atoms with van der Waals surface area (Å²) in [7, 11) is 0. The molecule has 0 amide bonds. The number of likely N-dealkylation sites (tertiary alicyclic amines) is 1. The summed E-state index contributed by atoms with van der Waals surface area (Å²) in [5.74, 6) is 1.28. The number of hydrogen-bond acceptors (Lipinski definition) is 7. The van der Waals surface area contributed by atoms with E-state index in [1.807, 2.05) is 19.2 Å². The van der Waals surface area contributed by atoms with Crippen LogP contribution in [0.3, 0.4) is 0 Å². The zero-order valence-corrected chi connectivity index (χ0v) is 18.3. The molecule has 1 aromatic carbocycles. The Morgan fingerprint density at radius 1 is 1.23 bits per heavy atom. The van der Waals surface area contributed by atoms with Gasteiger partial charge < -0.3 is 15.3 Å². The molecular formula is C23H29N7O. The van der Waals surface area contributed by atoms with Gasteiger partial charge in [0.25, 0.3) is 0 Å². The molecule has 1 fully saturated rings. The standard InChI is InChI=1S/C23H29N7O/c1-15(2)29-9-7-17-10-19(4-5-21(17)29)25-23-24-8-6-22(26-23)30-12-18(16(3)27-30)11-28-13-20(31)14-28/h4-6,8,10,12,15,20,31H,7,9,11,13-14H2,1-3H3,(H,24,25,26). The molecular weight excluding hydrogens is 390 g/mol. The summed E-state index contributed by atoms with van der Waals surface area (Å²) in [4.78, 5) is 13.7. The minimum atomic E-state index is -0.196. The Morgan fingerprint density at radius 3 is 2.84 bits per heavy atom. The van der Waals surface area contributed by atoms with E-state index in [4.69, 9.17) is 0 Å². The van der Waals surface area contributed by atoms with Crippen molar-refractivity contribution in [2.24, 2.45) is 0 Å². The Balaban J connectivity index is 1.32. The Kier molecular flexibility index (Phi) is 5.11. The van der Waals surface area contributed by atoms with Crippen molar-refractivity contribution in [1.29, 1.82) is 0 Å². The van der Waals surface area contributed by atoms with Crippen molar-refractivity contribution in [2.45, 2.75) is 45.9 Å². The molecule has 4 heterocycles. The summed E-state index contributed by atoms with van der Waals surface area (Å²) in [5, 5.41) is 17.5. The number of aromatic nitrogens is 4. The highest BCUT2D eigenvalue weighted by Crippen LogP contribution is 2.32. The molecule has 2 aliphatic heterocycles. The van der Waals surface area contributed by atoms with Crippen LogP contribution in [0, 0.1) is 6.92 Å². The van der Waals surface area contributed by atoms with Gasteiger partial charge in [-0.25, -0.2) is 9.67 Å². The number of fused-ring (bicyclic) bond motifs is 1. The fourth-order valence-corrected chi connectivity index (χ4v) is 4.39. The molecule has 0 aliphatic carbocycles. The normalized spacial score (nSPS) is 16.6. The predicted octanol–water partition coefficient (Wildman–Crippen LogP) is 2.66. The van der Waals surface area contributed by atoms with E-state index in [2.05, 4.69) is 62.2 Å². The number of nitrogens with zero attached hydrogens (tertiary/aromatic N) is 6. The van der Waals surface area contributed by atoms with Crippen molar-refractivity contribution in [3.63, 3.8) is 0 Å². The molecule has 2 aliphatic rings. The highest BCUT2D eigenvalue weighted by molar-refractivity contribution is 5.66. The lowest BCUT2D eigenvalue weighted by Crippen LogP contribution is -2.49. The average molecular weight is 420 g/mol. The minimum absolute atomic E-state index is 0.196. The van der Waals surface area contributed by atoms with Crippen LogP contribution in [0.2, 0.25) is 0 Å². The molecule has 3 aromatic rings. The van der Waals surface area contributed by atoms with Gasteiger partial charge in [0, 0.05) is 67.6 Å². The topological polar surface area (TPSA) is 82.3 Å². The van der Waals surface area contributed by atoms with Crippen LogP contribution in [0.5, 0.6) is 0 Å². The number of hydrogen-bond donors (Lipinski definition) is 2. The van der Waals surface area contributed by atoms with Crippen LogP contribution >= 0.6 is 0 Å². The summed E-state index contributed by atoms with van der Waals surface area (Å²) < 4.78 is 1.80. The molecule has 0 radical (unpaired) electrons. The maximum Gasteiger partial charge on any atom is 0.229 e. The first-order valence-electron chi connectivity index (χ1n) is 10.9. The molecule has 5 rings (SSSR count). The molecule has 0 bridgehead atoms. The van der Waals surface area contributed by atoms with Crippen LogP contribution in [-0.2, 0) is 13.0 Å². The molecule has 1 saturated heterocycles. The maximum atomic E-state index is 9.50. The third-order valence-corrected chi connectivity index (χ3v) is 6.10. The van der Waals surface area contributed by atoms with Gasteiger partial charge in [-0.05, 0) is 51.0 Å². The van der Waals surface area contributed by atoms with E-state index in [0.717, 1.165) is 55.4 Å².